The standard InChI is InChI=1S/C22H28N2O2S/c1-22(2,3)16-8-11-18-15(12-16)13-19(27-18)20(25)23-17-9-6-14(7-10-17)21(26)24(4)5/h6-7,9-10,13,16H,8,11-12H2,1-5H3,(H,23,25). The van der Waals surface area contributed by atoms with Gasteiger partial charge in [0.15, 0.2) is 0 Å². The second kappa shape index (κ2) is 7.47. The summed E-state index contributed by atoms with van der Waals surface area (Å²) in [5.41, 5.74) is 2.95. The molecule has 0 saturated heterocycles. The minimum atomic E-state index is -0.0756. The Morgan fingerprint density at radius 3 is 2.41 bits per heavy atom. The van der Waals surface area contributed by atoms with E-state index in [0.717, 1.165) is 17.7 Å². The highest BCUT2D eigenvalue weighted by Gasteiger charge is 2.30. The van der Waals surface area contributed by atoms with Gasteiger partial charge in [-0.1, -0.05) is 20.8 Å². The summed E-state index contributed by atoms with van der Waals surface area (Å²) in [6, 6.07) is 9.10. The number of nitrogens with one attached hydrogen (secondary N) is 1. The van der Waals surface area contributed by atoms with Crippen LogP contribution in [0.25, 0.3) is 0 Å². The van der Waals surface area contributed by atoms with Gasteiger partial charge in [0.2, 0.25) is 0 Å². The lowest BCUT2D eigenvalue weighted by Crippen LogP contribution is -2.26. The average Bonchev–Trinajstić information content (AvgIpc) is 3.04. The van der Waals surface area contributed by atoms with E-state index in [1.165, 1.54) is 21.8 Å². The second-order valence-corrected chi connectivity index (χ2v) is 9.73. The zero-order valence-corrected chi connectivity index (χ0v) is 17.6. The molecule has 2 aromatic rings. The number of benzene rings is 1. The van der Waals surface area contributed by atoms with Crippen molar-refractivity contribution >= 4 is 28.8 Å². The van der Waals surface area contributed by atoms with Crippen molar-refractivity contribution in [1.82, 2.24) is 4.90 Å². The van der Waals surface area contributed by atoms with Crippen LogP contribution in [0.4, 0.5) is 5.69 Å². The smallest absolute Gasteiger partial charge is 0.265 e. The molecule has 5 heteroatoms. The third kappa shape index (κ3) is 4.41. The molecule has 1 unspecified atom stereocenters. The fourth-order valence-corrected chi connectivity index (χ4v) is 4.63. The molecule has 1 aliphatic carbocycles. The van der Waals surface area contributed by atoms with Gasteiger partial charge in [0.05, 0.1) is 4.88 Å². The number of carbonyl (C=O) groups excluding carboxylic acids is 2. The maximum Gasteiger partial charge on any atom is 0.265 e. The molecular formula is C22H28N2O2S. The van der Waals surface area contributed by atoms with Crippen LogP contribution in [0.15, 0.2) is 30.3 Å². The van der Waals surface area contributed by atoms with Gasteiger partial charge in [0.1, 0.15) is 0 Å². The predicted molar refractivity (Wildman–Crippen MR) is 112 cm³/mol. The molecule has 27 heavy (non-hydrogen) atoms. The van der Waals surface area contributed by atoms with Crippen LogP contribution >= 0.6 is 11.3 Å². The Labute approximate surface area is 165 Å². The molecule has 0 aliphatic heterocycles. The van der Waals surface area contributed by atoms with Gasteiger partial charge in [-0.2, -0.15) is 0 Å². The van der Waals surface area contributed by atoms with Gasteiger partial charge in [0.25, 0.3) is 11.8 Å². The van der Waals surface area contributed by atoms with E-state index in [9.17, 15) is 9.59 Å². The Hall–Kier alpha value is -2.14. The third-order valence-electron chi connectivity index (χ3n) is 5.33. The van der Waals surface area contributed by atoms with E-state index in [1.54, 1.807) is 49.7 Å². The summed E-state index contributed by atoms with van der Waals surface area (Å²) in [5.74, 6) is 0.540. The second-order valence-electron chi connectivity index (χ2n) is 8.60. The summed E-state index contributed by atoms with van der Waals surface area (Å²) in [6.45, 7) is 6.90. The summed E-state index contributed by atoms with van der Waals surface area (Å²) >= 11 is 1.61. The largest absolute Gasteiger partial charge is 0.345 e. The van der Waals surface area contributed by atoms with Crippen molar-refractivity contribution in [2.45, 2.75) is 40.0 Å². The van der Waals surface area contributed by atoms with Gasteiger partial charge < -0.3 is 10.2 Å². The monoisotopic (exact) mass is 384 g/mol. The molecule has 1 aliphatic rings. The number of nitrogens with zero attached hydrogens (tertiary/aromatic N) is 1. The van der Waals surface area contributed by atoms with Crippen molar-refractivity contribution in [3.05, 3.63) is 51.2 Å². The zero-order valence-electron chi connectivity index (χ0n) is 16.8. The molecule has 1 heterocycles. The van der Waals surface area contributed by atoms with E-state index < -0.39 is 0 Å². The van der Waals surface area contributed by atoms with Gasteiger partial charge >= 0.3 is 0 Å². The van der Waals surface area contributed by atoms with Gasteiger partial charge in [-0.05, 0) is 66.5 Å². The number of rotatable bonds is 3. The number of hydrogen-bond donors (Lipinski definition) is 1. The van der Waals surface area contributed by atoms with E-state index in [2.05, 4.69) is 32.2 Å². The number of aryl methyl sites for hydroxylation is 1. The molecule has 4 nitrogen and oxygen atoms in total. The van der Waals surface area contributed by atoms with Gasteiger partial charge in [-0.3, -0.25) is 9.59 Å². The number of carbonyl (C=O) groups is 2. The van der Waals surface area contributed by atoms with Crippen molar-refractivity contribution in [2.75, 3.05) is 19.4 Å². The fraction of sp³-hybridized carbons (Fsp3) is 0.455. The van der Waals surface area contributed by atoms with E-state index in [4.69, 9.17) is 0 Å². The van der Waals surface area contributed by atoms with Crippen molar-refractivity contribution in [2.24, 2.45) is 11.3 Å². The van der Waals surface area contributed by atoms with Crippen LogP contribution in [-0.4, -0.2) is 30.8 Å². The lowest BCUT2D eigenvalue weighted by molar-refractivity contribution is 0.0827. The molecule has 0 radical (unpaired) electrons. The quantitative estimate of drug-likeness (QED) is 0.822. The van der Waals surface area contributed by atoms with Gasteiger partial charge in [-0.15, -0.1) is 11.3 Å². The molecule has 1 aromatic carbocycles. The van der Waals surface area contributed by atoms with Gasteiger partial charge in [0, 0.05) is 30.2 Å². The molecule has 1 N–H and O–H groups in total. The number of hydrogen-bond acceptors (Lipinski definition) is 3. The summed E-state index contributed by atoms with van der Waals surface area (Å²) in [5, 5.41) is 2.95. The lowest BCUT2D eigenvalue weighted by atomic mass is 9.72. The molecule has 0 bridgehead atoms. The topological polar surface area (TPSA) is 49.4 Å². The van der Waals surface area contributed by atoms with Crippen LogP contribution < -0.4 is 5.32 Å². The third-order valence-corrected chi connectivity index (χ3v) is 6.56. The van der Waals surface area contributed by atoms with Crippen molar-refractivity contribution in [3.63, 3.8) is 0 Å². The lowest BCUT2D eigenvalue weighted by Gasteiger charge is -2.33. The van der Waals surface area contributed by atoms with Crippen molar-refractivity contribution in [3.8, 4) is 0 Å². The SMILES string of the molecule is CN(C)C(=O)c1ccc(NC(=O)c2cc3c(s2)CCC(C(C)(C)C)C3)cc1. The van der Waals surface area contributed by atoms with Crippen molar-refractivity contribution < 1.29 is 9.59 Å². The van der Waals surface area contributed by atoms with Crippen LogP contribution in [0.3, 0.4) is 0 Å². The van der Waals surface area contributed by atoms with E-state index in [0.29, 0.717) is 22.6 Å². The predicted octanol–water partition coefficient (Wildman–Crippen LogP) is 4.85. The van der Waals surface area contributed by atoms with Gasteiger partial charge in [-0.25, -0.2) is 0 Å². The Morgan fingerprint density at radius 2 is 1.81 bits per heavy atom. The Morgan fingerprint density at radius 1 is 1.15 bits per heavy atom. The Kier molecular flexibility index (Phi) is 5.43. The minimum Gasteiger partial charge on any atom is -0.345 e. The molecule has 0 fully saturated rings. The highest BCUT2D eigenvalue weighted by Crippen LogP contribution is 2.40. The summed E-state index contributed by atoms with van der Waals surface area (Å²) in [4.78, 5) is 28.3. The number of fused-ring (bicyclic) bond motifs is 1. The molecular weight excluding hydrogens is 356 g/mol. The van der Waals surface area contributed by atoms with E-state index in [-0.39, 0.29) is 11.8 Å². The molecule has 1 atom stereocenters. The number of thiophene rings is 1. The average molecular weight is 385 g/mol. The van der Waals surface area contributed by atoms with Crippen molar-refractivity contribution in [1.29, 1.82) is 0 Å². The normalized spacial score (nSPS) is 16.6. The van der Waals surface area contributed by atoms with E-state index in [1.807, 2.05) is 0 Å². The number of amides is 2. The molecule has 1 aromatic heterocycles. The van der Waals surface area contributed by atoms with Crippen LogP contribution in [-0.2, 0) is 12.8 Å². The fourth-order valence-electron chi connectivity index (χ4n) is 3.52. The van der Waals surface area contributed by atoms with Crippen LogP contribution in [0.5, 0.6) is 0 Å². The Balaban J connectivity index is 1.69. The zero-order chi connectivity index (χ0) is 19.8. The molecule has 144 valence electrons. The molecule has 3 rings (SSSR count). The number of anilines is 1. The summed E-state index contributed by atoms with van der Waals surface area (Å²) < 4.78 is 0. The maximum atomic E-state index is 12.7. The summed E-state index contributed by atoms with van der Waals surface area (Å²) in [7, 11) is 3.45. The highest BCUT2D eigenvalue weighted by molar-refractivity contribution is 7.14. The first-order chi connectivity index (χ1) is 12.6. The van der Waals surface area contributed by atoms with Crippen LogP contribution in [0, 0.1) is 11.3 Å². The minimum absolute atomic E-state index is 0.0489. The first-order valence-electron chi connectivity index (χ1n) is 9.40. The molecule has 2 amide bonds. The maximum absolute atomic E-state index is 12.7. The van der Waals surface area contributed by atoms with E-state index >= 15 is 0 Å². The first kappa shape index (κ1) is 19.6. The Bertz CT molecular complexity index is 844. The molecule has 0 saturated carbocycles. The summed E-state index contributed by atoms with van der Waals surface area (Å²) in [6.07, 6.45) is 3.32. The molecule has 0 spiro atoms. The highest BCUT2D eigenvalue weighted by atomic mass is 32.1. The first-order valence-corrected chi connectivity index (χ1v) is 10.2. The van der Waals surface area contributed by atoms with Crippen LogP contribution in [0.2, 0.25) is 0 Å². The van der Waals surface area contributed by atoms with Crippen LogP contribution in [0.1, 0.15) is 57.7 Å².